The summed E-state index contributed by atoms with van der Waals surface area (Å²) in [4.78, 5) is 0.234. The van der Waals surface area contributed by atoms with Crippen LogP contribution in [-0.2, 0) is 10.0 Å². The molecule has 0 aliphatic carbocycles. The summed E-state index contributed by atoms with van der Waals surface area (Å²) in [6.45, 7) is 3.25. The number of nitrogens with one attached hydrogen (secondary N) is 1. The van der Waals surface area contributed by atoms with E-state index in [-0.39, 0.29) is 17.3 Å². The number of benzene rings is 1. The number of nitrogens with two attached hydrogens (primary N) is 1. The third kappa shape index (κ3) is 5.22. The van der Waals surface area contributed by atoms with Gasteiger partial charge in [-0.15, -0.1) is 12.4 Å². The summed E-state index contributed by atoms with van der Waals surface area (Å²) < 4.78 is 31.3. The molecule has 0 radical (unpaired) electrons. The van der Waals surface area contributed by atoms with Crippen LogP contribution in [-0.4, -0.2) is 28.1 Å². The predicted molar refractivity (Wildman–Crippen MR) is 73.7 cm³/mol. The molecule has 0 bridgehead atoms. The minimum atomic E-state index is -3.43. The van der Waals surface area contributed by atoms with Gasteiger partial charge in [-0.25, -0.2) is 13.1 Å². The van der Waals surface area contributed by atoms with E-state index in [1.54, 1.807) is 12.1 Å². The standard InChI is InChI=1S/C11H18N2O3S.ClH/c1-2-16-10-4-6-11(7-5-10)17(14,15)13-9-3-8-12;/h4-7,13H,2-3,8-9,12H2,1H3;1H. The maximum Gasteiger partial charge on any atom is 0.240 e. The Bertz CT molecular complexity index is 434. The van der Waals surface area contributed by atoms with Gasteiger partial charge in [0, 0.05) is 6.54 Å². The van der Waals surface area contributed by atoms with Crippen molar-refractivity contribution < 1.29 is 13.2 Å². The summed E-state index contributed by atoms with van der Waals surface area (Å²) in [7, 11) is -3.43. The molecule has 0 aliphatic heterocycles. The summed E-state index contributed by atoms with van der Waals surface area (Å²) in [5.41, 5.74) is 5.30. The van der Waals surface area contributed by atoms with E-state index in [2.05, 4.69) is 4.72 Å². The Morgan fingerprint density at radius 3 is 2.39 bits per heavy atom. The van der Waals surface area contributed by atoms with Crippen LogP contribution in [0, 0.1) is 0 Å². The molecule has 0 aliphatic rings. The molecule has 7 heteroatoms. The van der Waals surface area contributed by atoms with Crippen molar-refractivity contribution in [2.24, 2.45) is 5.73 Å². The van der Waals surface area contributed by atoms with Crippen LogP contribution in [0.2, 0.25) is 0 Å². The summed E-state index contributed by atoms with van der Waals surface area (Å²) in [6.07, 6.45) is 0.621. The van der Waals surface area contributed by atoms with E-state index in [0.29, 0.717) is 31.9 Å². The Kier molecular flexibility index (Phi) is 7.93. The average molecular weight is 295 g/mol. The van der Waals surface area contributed by atoms with Crippen LogP contribution in [0.3, 0.4) is 0 Å². The van der Waals surface area contributed by atoms with Crippen molar-refractivity contribution in [3.63, 3.8) is 0 Å². The highest BCUT2D eigenvalue weighted by atomic mass is 35.5. The van der Waals surface area contributed by atoms with Gasteiger partial charge < -0.3 is 10.5 Å². The van der Waals surface area contributed by atoms with Crippen molar-refractivity contribution in [1.82, 2.24) is 4.72 Å². The Balaban J connectivity index is 0.00000289. The average Bonchev–Trinajstić information content (AvgIpc) is 2.30. The van der Waals surface area contributed by atoms with Crippen LogP contribution in [0.5, 0.6) is 5.75 Å². The first kappa shape index (κ1) is 17.2. The lowest BCUT2D eigenvalue weighted by molar-refractivity contribution is 0.340. The second-order valence-corrected chi connectivity index (χ2v) is 5.21. The Morgan fingerprint density at radius 1 is 1.28 bits per heavy atom. The number of hydrogen-bond acceptors (Lipinski definition) is 4. The molecule has 0 unspecified atom stereocenters. The second kappa shape index (κ2) is 8.31. The zero-order valence-electron chi connectivity index (χ0n) is 10.3. The molecule has 0 fully saturated rings. The molecular formula is C11H19ClN2O3S. The molecule has 0 amide bonds. The summed E-state index contributed by atoms with van der Waals surface area (Å²) >= 11 is 0. The molecule has 1 rings (SSSR count). The summed E-state index contributed by atoms with van der Waals surface area (Å²) in [5.74, 6) is 0.661. The zero-order valence-corrected chi connectivity index (χ0v) is 11.9. The lowest BCUT2D eigenvalue weighted by Gasteiger charge is -2.07. The molecule has 0 spiro atoms. The topological polar surface area (TPSA) is 81.4 Å². The number of ether oxygens (including phenoxy) is 1. The SMILES string of the molecule is CCOc1ccc(S(=O)(=O)NCCCN)cc1.Cl. The monoisotopic (exact) mass is 294 g/mol. The van der Waals surface area contributed by atoms with Gasteiger partial charge in [-0.05, 0) is 44.2 Å². The molecule has 0 saturated carbocycles. The highest BCUT2D eigenvalue weighted by Crippen LogP contribution is 2.15. The lowest BCUT2D eigenvalue weighted by Crippen LogP contribution is -2.26. The first-order valence-electron chi connectivity index (χ1n) is 5.52. The Labute approximate surface area is 114 Å². The summed E-state index contributed by atoms with van der Waals surface area (Å²) in [6, 6.07) is 6.33. The van der Waals surface area contributed by atoms with E-state index in [0.717, 1.165) is 0 Å². The Hall–Kier alpha value is -0.820. The fourth-order valence-electron chi connectivity index (χ4n) is 1.27. The fraction of sp³-hybridized carbons (Fsp3) is 0.455. The minimum absolute atomic E-state index is 0. The van der Waals surface area contributed by atoms with Crippen molar-refractivity contribution >= 4 is 22.4 Å². The molecule has 0 saturated heterocycles. The minimum Gasteiger partial charge on any atom is -0.494 e. The largest absolute Gasteiger partial charge is 0.494 e. The van der Waals surface area contributed by atoms with Crippen molar-refractivity contribution in [3.8, 4) is 5.75 Å². The number of rotatable bonds is 7. The molecular weight excluding hydrogens is 276 g/mol. The first-order valence-corrected chi connectivity index (χ1v) is 7.01. The maximum atomic E-state index is 11.8. The molecule has 18 heavy (non-hydrogen) atoms. The van der Waals surface area contributed by atoms with E-state index >= 15 is 0 Å². The lowest BCUT2D eigenvalue weighted by atomic mass is 10.3. The van der Waals surface area contributed by atoms with E-state index in [9.17, 15) is 8.42 Å². The smallest absolute Gasteiger partial charge is 0.240 e. The van der Waals surface area contributed by atoms with Crippen LogP contribution >= 0.6 is 12.4 Å². The Morgan fingerprint density at radius 2 is 1.89 bits per heavy atom. The van der Waals surface area contributed by atoms with Crippen molar-refractivity contribution in [2.45, 2.75) is 18.2 Å². The van der Waals surface area contributed by atoms with Crippen LogP contribution in [0.1, 0.15) is 13.3 Å². The molecule has 0 atom stereocenters. The van der Waals surface area contributed by atoms with Crippen molar-refractivity contribution in [3.05, 3.63) is 24.3 Å². The van der Waals surface area contributed by atoms with Gasteiger partial charge in [0.25, 0.3) is 0 Å². The van der Waals surface area contributed by atoms with Gasteiger partial charge in [0.05, 0.1) is 11.5 Å². The van der Waals surface area contributed by atoms with Crippen LogP contribution in [0.4, 0.5) is 0 Å². The van der Waals surface area contributed by atoms with E-state index in [1.807, 2.05) is 6.92 Å². The maximum absolute atomic E-state index is 11.8. The van der Waals surface area contributed by atoms with Gasteiger partial charge in [-0.2, -0.15) is 0 Å². The van der Waals surface area contributed by atoms with Crippen LogP contribution in [0.15, 0.2) is 29.2 Å². The van der Waals surface area contributed by atoms with Gasteiger partial charge in [-0.3, -0.25) is 0 Å². The molecule has 5 nitrogen and oxygen atoms in total. The highest BCUT2D eigenvalue weighted by Gasteiger charge is 2.12. The van der Waals surface area contributed by atoms with E-state index in [4.69, 9.17) is 10.5 Å². The van der Waals surface area contributed by atoms with Crippen molar-refractivity contribution in [1.29, 1.82) is 0 Å². The van der Waals surface area contributed by atoms with Gasteiger partial charge in [0.1, 0.15) is 5.75 Å². The number of halogens is 1. The predicted octanol–water partition coefficient (Wildman–Crippen LogP) is 1.13. The summed E-state index contributed by atoms with van der Waals surface area (Å²) in [5, 5.41) is 0. The number of sulfonamides is 1. The fourth-order valence-corrected chi connectivity index (χ4v) is 2.35. The third-order valence-electron chi connectivity index (χ3n) is 2.12. The van der Waals surface area contributed by atoms with Gasteiger partial charge in [0.15, 0.2) is 0 Å². The molecule has 0 heterocycles. The molecule has 104 valence electrons. The van der Waals surface area contributed by atoms with E-state index < -0.39 is 10.0 Å². The quantitative estimate of drug-likeness (QED) is 0.739. The third-order valence-corrected chi connectivity index (χ3v) is 3.59. The normalized spacial score (nSPS) is 10.8. The number of hydrogen-bond donors (Lipinski definition) is 2. The van der Waals surface area contributed by atoms with Gasteiger partial charge >= 0.3 is 0 Å². The van der Waals surface area contributed by atoms with E-state index in [1.165, 1.54) is 12.1 Å². The molecule has 3 N–H and O–H groups in total. The van der Waals surface area contributed by atoms with Crippen molar-refractivity contribution in [2.75, 3.05) is 19.7 Å². The van der Waals surface area contributed by atoms with Gasteiger partial charge in [-0.1, -0.05) is 0 Å². The molecule has 1 aromatic carbocycles. The molecule has 0 aromatic heterocycles. The van der Waals surface area contributed by atoms with Gasteiger partial charge in [0.2, 0.25) is 10.0 Å². The van der Waals surface area contributed by atoms with Crippen LogP contribution in [0.25, 0.3) is 0 Å². The highest BCUT2D eigenvalue weighted by molar-refractivity contribution is 7.89. The van der Waals surface area contributed by atoms with Crippen LogP contribution < -0.4 is 15.2 Å². The first-order chi connectivity index (χ1) is 8.10. The molecule has 1 aromatic rings. The zero-order chi connectivity index (χ0) is 12.7. The second-order valence-electron chi connectivity index (χ2n) is 3.44.